The second-order valence-electron chi connectivity index (χ2n) is 10.0. The van der Waals surface area contributed by atoms with Crippen molar-refractivity contribution in [1.82, 2.24) is 10.2 Å². The molecule has 1 aliphatic rings. The predicted molar refractivity (Wildman–Crippen MR) is 146 cm³/mol. The van der Waals surface area contributed by atoms with Crippen LogP contribution in [0.1, 0.15) is 31.4 Å². The molecule has 1 fully saturated rings. The molecule has 0 bridgehead atoms. The zero-order valence-electron chi connectivity index (χ0n) is 22.6. The van der Waals surface area contributed by atoms with Crippen molar-refractivity contribution in [2.75, 3.05) is 26.8 Å². The molecule has 0 aliphatic carbocycles. The number of nitrogens with zero attached hydrogens (tertiary/aromatic N) is 1. The van der Waals surface area contributed by atoms with E-state index in [4.69, 9.17) is 14.2 Å². The molecular formula is C31H35FN2O5. The maximum atomic E-state index is 14.3. The topological polar surface area (TPSA) is 77.1 Å². The molecule has 0 saturated carbocycles. The van der Waals surface area contributed by atoms with Gasteiger partial charge in [0.1, 0.15) is 5.75 Å². The molecule has 2 atom stereocenters. The standard InChI is InChI=1S/C31H35FN2O5/c1-4-37-28(35)30(2,39-27-13-9-8-12-26(27)32)20-24-14-16-25(17-15-24)38-19-18-31(22-33-29(36)34(31)3)21-23-10-6-5-7-11-23/h5-17H,4,18-22H2,1-3H3,(H,33,36). The van der Waals surface area contributed by atoms with Crippen molar-refractivity contribution in [2.24, 2.45) is 0 Å². The van der Waals surface area contributed by atoms with Gasteiger partial charge in [0, 0.05) is 26.4 Å². The van der Waals surface area contributed by atoms with Crippen molar-refractivity contribution in [3.63, 3.8) is 0 Å². The van der Waals surface area contributed by atoms with Crippen LogP contribution in [0.2, 0.25) is 0 Å². The van der Waals surface area contributed by atoms with Crippen molar-refractivity contribution in [3.05, 3.63) is 95.8 Å². The number of benzene rings is 3. The molecule has 1 N–H and O–H groups in total. The monoisotopic (exact) mass is 534 g/mol. The summed E-state index contributed by atoms with van der Waals surface area (Å²) in [5.41, 5.74) is 0.161. The fourth-order valence-corrected chi connectivity index (χ4v) is 4.85. The minimum atomic E-state index is -1.42. The van der Waals surface area contributed by atoms with Crippen LogP contribution in [0.15, 0.2) is 78.9 Å². The van der Waals surface area contributed by atoms with E-state index in [0.29, 0.717) is 25.3 Å². The molecule has 3 aromatic rings. The van der Waals surface area contributed by atoms with E-state index in [2.05, 4.69) is 17.4 Å². The van der Waals surface area contributed by atoms with E-state index in [1.165, 1.54) is 12.1 Å². The Morgan fingerprint density at radius 3 is 2.36 bits per heavy atom. The molecule has 7 nitrogen and oxygen atoms in total. The third kappa shape index (κ3) is 6.69. The van der Waals surface area contributed by atoms with Gasteiger partial charge in [-0.25, -0.2) is 14.0 Å². The largest absolute Gasteiger partial charge is 0.494 e. The lowest BCUT2D eigenvalue weighted by atomic mass is 9.87. The van der Waals surface area contributed by atoms with E-state index in [9.17, 15) is 14.0 Å². The summed E-state index contributed by atoms with van der Waals surface area (Å²) in [5, 5.41) is 2.96. The SMILES string of the molecule is CCOC(=O)C(C)(Cc1ccc(OCCC2(Cc3ccccc3)CNC(=O)N2C)cc1)Oc1ccccc1F. The molecule has 8 heteroatoms. The van der Waals surface area contributed by atoms with E-state index >= 15 is 0 Å². The average molecular weight is 535 g/mol. The van der Waals surface area contributed by atoms with Crippen LogP contribution >= 0.6 is 0 Å². The van der Waals surface area contributed by atoms with E-state index < -0.39 is 17.4 Å². The van der Waals surface area contributed by atoms with Gasteiger partial charge in [-0.1, -0.05) is 54.6 Å². The number of para-hydroxylation sites is 1. The maximum absolute atomic E-state index is 14.3. The highest BCUT2D eigenvalue weighted by Crippen LogP contribution is 2.29. The van der Waals surface area contributed by atoms with Crippen molar-refractivity contribution < 1.29 is 28.2 Å². The van der Waals surface area contributed by atoms with Gasteiger partial charge in [-0.2, -0.15) is 0 Å². The summed E-state index contributed by atoms with van der Waals surface area (Å²) < 4.78 is 31.4. The third-order valence-electron chi connectivity index (χ3n) is 7.14. The summed E-state index contributed by atoms with van der Waals surface area (Å²) in [6.45, 7) is 4.47. The molecule has 2 unspecified atom stereocenters. The Hall–Kier alpha value is -4.07. The molecule has 0 radical (unpaired) electrons. The summed E-state index contributed by atoms with van der Waals surface area (Å²) in [6, 6.07) is 23.4. The van der Waals surface area contributed by atoms with Gasteiger partial charge in [0.15, 0.2) is 11.6 Å². The maximum Gasteiger partial charge on any atom is 0.350 e. The second-order valence-corrected chi connectivity index (χ2v) is 10.0. The van der Waals surface area contributed by atoms with Crippen LogP contribution in [0.3, 0.4) is 0 Å². The van der Waals surface area contributed by atoms with E-state index in [1.807, 2.05) is 49.5 Å². The average Bonchev–Trinajstić information content (AvgIpc) is 3.20. The second kappa shape index (κ2) is 12.2. The van der Waals surface area contributed by atoms with Crippen molar-refractivity contribution in [1.29, 1.82) is 0 Å². The highest BCUT2D eigenvalue weighted by Gasteiger charge is 2.43. The summed E-state index contributed by atoms with van der Waals surface area (Å²) >= 11 is 0. The number of nitrogens with one attached hydrogen (secondary N) is 1. The lowest BCUT2D eigenvalue weighted by Crippen LogP contribution is -2.47. The highest BCUT2D eigenvalue weighted by atomic mass is 19.1. The molecule has 4 rings (SSSR count). The van der Waals surface area contributed by atoms with Crippen LogP contribution in [0, 0.1) is 5.82 Å². The van der Waals surface area contributed by atoms with Gasteiger partial charge in [0.25, 0.3) is 0 Å². The first-order valence-electron chi connectivity index (χ1n) is 13.1. The Bertz CT molecular complexity index is 1270. The summed E-state index contributed by atoms with van der Waals surface area (Å²) in [6.07, 6.45) is 1.55. The van der Waals surface area contributed by atoms with E-state index in [1.54, 1.807) is 30.9 Å². The molecule has 3 aromatic carbocycles. The van der Waals surface area contributed by atoms with Gasteiger partial charge in [-0.15, -0.1) is 0 Å². The number of rotatable bonds is 12. The molecule has 39 heavy (non-hydrogen) atoms. The first kappa shape index (κ1) is 28.0. The Morgan fingerprint density at radius 2 is 1.72 bits per heavy atom. The lowest BCUT2D eigenvalue weighted by molar-refractivity contribution is -0.160. The lowest BCUT2D eigenvalue weighted by Gasteiger charge is -2.35. The minimum Gasteiger partial charge on any atom is -0.494 e. The number of likely N-dealkylation sites (N-methyl/N-ethyl adjacent to an activating group) is 1. The zero-order valence-corrected chi connectivity index (χ0v) is 22.6. The number of amides is 2. The van der Waals surface area contributed by atoms with Crippen molar-refractivity contribution in [3.8, 4) is 11.5 Å². The first-order valence-corrected chi connectivity index (χ1v) is 13.1. The quantitative estimate of drug-likeness (QED) is 0.324. The molecule has 1 aliphatic heterocycles. The first-order chi connectivity index (χ1) is 18.7. The Morgan fingerprint density at radius 1 is 1.03 bits per heavy atom. The van der Waals surface area contributed by atoms with Gasteiger partial charge in [-0.05, 0) is 55.7 Å². The Kier molecular flexibility index (Phi) is 8.74. The molecule has 0 spiro atoms. The number of urea groups is 1. The summed E-state index contributed by atoms with van der Waals surface area (Å²) in [5.74, 6) is -0.462. The van der Waals surface area contributed by atoms with Gasteiger partial charge in [0.2, 0.25) is 5.60 Å². The summed E-state index contributed by atoms with van der Waals surface area (Å²) in [7, 11) is 1.82. The van der Waals surface area contributed by atoms with Crippen LogP contribution in [0.25, 0.3) is 0 Å². The molecule has 206 valence electrons. The highest BCUT2D eigenvalue weighted by molar-refractivity contribution is 5.80. The molecular weight excluding hydrogens is 499 g/mol. The summed E-state index contributed by atoms with van der Waals surface area (Å²) in [4.78, 5) is 26.9. The van der Waals surface area contributed by atoms with Gasteiger partial charge < -0.3 is 24.4 Å². The van der Waals surface area contributed by atoms with Gasteiger partial charge in [0.05, 0.1) is 18.8 Å². The number of carbonyl (C=O) groups is 2. The minimum absolute atomic E-state index is 0.0118. The van der Waals surface area contributed by atoms with Gasteiger partial charge in [-0.3, -0.25) is 0 Å². The van der Waals surface area contributed by atoms with Crippen LogP contribution in [-0.4, -0.2) is 54.8 Å². The van der Waals surface area contributed by atoms with Crippen LogP contribution in [0.4, 0.5) is 9.18 Å². The van der Waals surface area contributed by atoms with E-state index in [-0.39, 0.29) is 30.3 Å². The Balaban J connectivity index is 1.41. The fraction of sp³-hybridized carbons (Fsp3) is 0.355. The van der Waals surface area contributed by atoms with Crippen LogP contribution in [0.5, 0.6) is 11.5 Å². The fourth-order valence-electron chi connectivity index (χ4n) is 4.85. The molecule has 0 aromatic heterocycles. The number of hydrogen-bond donors (Lipinski definition) is 1. The van der Waals surface area contributed by atoms with E-state index in [0.717, 1.165) is 17.5 Å². The zero-order chi connectivity index (χ0) is 27.9. The van der Waals surface area contributed by atoms with Crippen molar-refractivity contribution in [2.45, 2.75) is 44.2 Å². The number of hydrogen-bond acceptors (Lipinski definition) is 5. The van der Waals surface area contributed by atoms with Crippen LogP contribution in [-0.2, 0) is 22.4 Å². The number of ether oxygens (including phenoxy) is 3. The predicted octanol–water partition coefficient (Wildman–Crippen LogP) is 5.17. The number of carbonyl (C=O) groups excluding carboxylic acids is 2. The Labute approximate surface area is 228 Å². The molecule has 2 amide bonds. The number of esters is 1. The third-order valence-corrected chi connectivity index (χ3v) is 7.14. The van der Waals surface area contributed by atoms with Crippen LogP contribution < -0.4 is 14.8 Å². The normalized spacial score (nSPS) is 18.3. The van der Waals surface area contributed by atoms with Gasteiger partial charge >= 0.3 is 12.0 Å². The molecule has 1 saturated heterocycles. The molecule has 1 heterocycles. The number of halogens is 1. The smallest absolute Gasteiger partial charge is 0.350 e. The van der Waals surface area contributed by atoms with Crippen molar-refractivity contribution >= 4 is 12.0 Å².